The summed E-state index contributed by atoms with van der Waals surface area (Å²) in [5.74, 6) is -4.86. The second kappa shape index (κ2) is 89.2. The number of hydrogen-bond acceptors (Lipinski definition) is 25. The molecule has 140 heavy (non-hydrogen) atoms. The molecule has 808 valence electrons. The largest absolute Gasteiger partial charge is 0.356 e. The van der Waals surface area contributed by atoms with Crippen LogP contribution >= 0.6 is 21.6 Å². The molecule has 0 bridgehead atoms. The molecule has 36 nitrogen and oxygen atoms in total. The third kappa shape index (κ3) is 74.5. The number of amides is 13. The van der Waals surface area contributed by atoms with Crippen molar-refractivity contribution in [3.05, 3.63) is 24.4 Å². The van der Waals surface area contributed by atoms with E-state index in [1.165, 1.54) is 21.6 Å². The molecule has 0 spiro atoms. The lowest BCUT2D eigenvalue weighted by molar-refractivity contribution is -0.129. The van der Waals surface area contributed by atoms with E-state index in [0.717, 1.165) is 173 Å². The molecular formula is C102H195N23O13S2. The topological polar surface area (TPSA) is 625 Å². The van der Waals surface area contributed by atoms with Crippen LogP contribution in [0.4, 0.5) is 0 Å². The van der Waals surface area contributed by atoms with Gasteiger partial charge in [-0.05, 0) is 274 Å². The van der Waals surface area contributed by atoms with E-state index in [-0.39, 0.29) is 200 Å². The molecule has 1 aromatic heterocycles. The molecule has 13 amide bonds. The highest BCUT2D eigenvalue weighted by Gasteiger charge is 2.41. The second-order valence-corrected chi connectivity index (χ2v) is 40.5. The standard InChI is InChI=1S/C102H195N23O13S2/c103-65-20-1-10-29-74-112-85(126)40-53-99(54-41-86(127)113-75-30-11-2-21-66-104,55-42-87(128)114-76-31-12-3-22-67-105)122-94(135)49-62-102(125-97(138)52-84-139-140-98-39-19-38-83-121-98,63-50-95(136)123-100(56-43-88(129)115-77-32-13-4-23-68-106,57-44-89(130)116-78-33-14-5-24-69-107)58-45-90(131)117-79-34-15-6-25-70-108)64-51-96(137)124-101(59-46-91(132)118-80-35-16-7-26-71-109,60-47-92(133)119-81-36-17-8-27-72-110)61-48-93(134)120-82-37-18-9-28-73-111/h19,38-39,83H,1-18,20-37,40-82,84,103-111H2,(H,112,126)(H,113,127)(H,114,128)(H,115,129)(H,116,130)(H,117,131)(H,118,132)(H,119,133)(H,120,134)(H,122,135)(H,123,136)(H,124,137)(H,125,138). The number of pyridine rings is 1. The molecule has 38 heteroatoms. The number of nitrogens with one attached hydrogen (secondary N) is 13. The van der Waals surface area contributed by atoms with E-state index in [9.17, 15) is 43.2 Å². The molecule has 0 fully saturated rings. The zero-order valence-corrected chi connectivity index (χ0v) is 87.8. The van der Waals surface area contributed by atoms with E-state index in [4.69, 9.17) is 51.6 Å². The smallest absolute Gasteiger partial charge is 0.221 e. The minimum Gasteiger partial charge on any atom is -0.356 e. The first-order chi connectivity index (χ1) is 67.9. The molecule has 0 radical (unpaired) electrons. The first-order valence-corrected chi connectivity index (χ1v) is 56.3. The lowest BCUT2D eigenvalue weighted by Gasteiger charge is -2.39. The maximum absolute atomic E-state index is 16.0. The average molecular weight is 2020 g/mol. The number of unbranched alkanes of at least 4 members (excludes halogenated alkanes) is 27. The highest BCUT2D eigenvalue weighted by atomic mass is 33.1. The van der Waals surface area contributed by atoms with Crippen LogP contribution in [0.5, 0.6) is 0 Å². The summed E-state index contributed by atoms with van der Waals surface area (Å²) in [6, 6.07) is 5.48. The van der Waals surface area contributed by atoms with Crippen LogP contribution in [0.2, 0.25) is 0 Å². The van der Waals surface area contributed by atoms with Crippen LogP contribution < -0.4 is 121 Å². The molecule has 1 rings (SSSR count). The molecule has 0 atom stereocenters. The third-order valence-electron chi connectivity index (χ3n) is 25.9. The Hall–Kier alpha value is -7.40. The second-order valence-electron chi connectivity index (χ2n) is 38.1. The van der Waals surface area contributed by atoms with Crippen LogP contribution in [0.3, 0.4) is 0 Å². The van der Waals surface area contributed by atoms with E-state index >= 15 is 19.2 Å². The van der Waals surface area contributed by atoms with Crippen LogP contribution in [0.15, 0.2) is 29.4 Å². The van der Waals surface area contributed by atoms with E-state index in [0.29, 0.717) is 181 Å². The van der Waals surface area contributed by atoms with Crippen LogP contribution in [0.1, 0.15) is 392 Å². The summed E-state index contributed by atoms with van der Waals surface area (Å²) in [6.45, 7) is 8.28. The predicted octanol–water partition coefficient (Wildman–Crippen LogP) is 8.71. The number of rotatable bonds is 99. The molecule has 0 saturated carbocycles. The van der Waals surface area contributed by atoms with Crippen LogP contribution in [0.25, 0.3) is 0 Å². The first kappa shape index (κ1) is 131. The Labute approximate surface area is 848 Å². The Morgan fingerprint density at radius 3 is 0.521 bits per heavy atom. The fourth-order valence-corrected chi connectivity index (χ4v) is 18.9. The van der Waals surface area contributed by atoms with Gasteiger partial charge in [0.15, 0.2) is 0 Å². The van der Waals surface area contributed by atoms with Gasteiger partial charge < -0.3 is 121 Å². The summed E-state index contributed by atoms with van der Waals surface area (Å²) in [6.07, 6.45) is 27.7. The zero-order valence-electron chi connectivity index (χ0n) is 86.1. The maximum atomic E-state index is 16.0. The van der Waals surface area contributed by atoms with Crippen molar-refractivity contribution in [2.45, 2.75) is 419 Å². The van der Waals surface area contributed by atoms with Gasteiger partial charge in [0.1, 0.15) is 5.03 Å². The fourth-order valence-electron chi connectivity index (χ4n) is 17.0. The van der Waals surface area contributed by atoms with Gasteiger partial charge in [-0.3, -0.25) is 62.3 Å². The molecule has 1 aromatic rings. The number of carbonyl (C=O) groups excluding carboxylic acids is 13. The minimum atomic E-state index is -1.69. The number of carbonyl (C=O) groups is 13. The van der Waals surface area contributed by atoms with Crippen molar-refractivity contribution in [2.24, 2.45) is 51.6 Å². The summed E-state index contributed by atoms with van der Waals surface area (Å²) in [5.41, 5.74) is 46.3. The zero-order chi connectivity index (χ0) is 103. The van der Waals surface area contributed by atoms with Gasteiger partial charge in [-0.1, -0.05) is 132 Å². The summed E-state index contributed by atoms with van der Waals surface area (Å²) in [5, 5.41) is 41.3. The maximum Gasteiger partial charge on any atom is 0.221 e. The molecule has 0 aliphatic heterocycles. The van der Waals surface area contributed by atoms with E-state index in [1.807, 2.05) is 12.1 Å². The van der Waals surface area contributed by atoms with Gasteiger partial charge in [0.2, 0.25) is 76.8 Å². The fraction of sp³-hybridized carbons (Fsp3) is 0.824. The van der Waals surface area contributed by atoms with Crippen molar-refractivity contribution in [1.29, 1.82) is 0 Å². The van der Waals surface area contributed by atoms with Crippen molar-refractivity contribution in [2.75, 3.05) is 124 Å². The quantitative estimate of drug-likeness (QED) is 0.0214. The van der Waals surface area contributed by atoms with Gasteiger partial charge in [-0.2, -0.15) is 0 Å². The Bertz CT molecular complexity index is 2890. The van der Waals surface area contributed by atoms with Gasteiger partial charge in [-0.15, -0.1) is 0 Å². The Kier molecular flexibility index (Phi) is 83.2. The van der Waals surface area contributed by atoms with Gasteiger partial charge >= 0.3 is 0 Å². The Morgan fingerprint density at radius 1 is 0.207 bits per heavy atom. The average Bonchev–Trinajstić information content (AvgIpc) is 0.823. The van der Waals surface area contributed by atoms with Crippen LogP contribution in [0, 0.1) is 0 Å². The Morgan fingerprint density at radius 2 is 0.364 bits per heavy atom. The monoisotopic (exact) mass is 2010 g/mol. The van der Waals surface area contributed by atoms with Crippen molar-refractivity contribution in [3.8, 4) is 0 Å². The molecule has 31 N–H and O–H groups in total. The van der Waals surface area contributed by atoms with E-state index in [1.54, 1.807) is 12.3 Å². The summed E-state index contributed by atoms with van der Waals surface area (Å²) in [4.78, 5) is 196. The first-order valence-electron chi connectivity index (χ1n) is 54.0. The van der Waals surface area contributed by atoms with Gasteiger partial charge in [0, 0.05) is 176 Å². The lowest BCUT2D eigenvalue weighted by Crippen LogP contribution is -2.54. The number of aromatic nitrogens is 1. The minimum absolute atomic E-state index is 0.00817. The van der Waals surface area contributed by atoms with Crippen molar-refractivity contribution in [1.82, 2.24) is 74.1 Å². The number of hydrogen-bond donors (Lipinski definition) is 22. The number of nitrogens with two attached hydrogens (primary N) is 9. The predicted molar refractivity (Wildman–Crippen MR) is 566 cm³/mol. The van der Waals surface area contributed by atoms with E-state index in [2.05, 4.69) is 74.1 Å². The summed E-state index contributed by atoms with van der Waals surface area (Å²) >= 11 is 0. The third-order valence-corrected chi connectivity index (χ3v) is 28.1. The number of nitrogens with zero attached hydrogens (tertiary/aromatic N) is 1. The lowest BCUT2D eigenvalue weighted by atomic mass is 9.80. The Balaban J connectivity index is 4.86. The molecule has 0 saturated heterocycles. The van der Waals surface area contributed by atoms with Crippen LogP contribution in [-0.2, 0) is 62.3 Å². The highest BCUT2D eigenvalue weighted by molar-refractivity contribution is 8.76. The van der Waals surface area contributed by atoms with Crippen molar-refractivity contribution in [3.63, 3.8) is 0 Å². The SMILES string of the molecule is NCCCCCCNC(=O)CCC(CCC(=O)NCCCCCCN)(CCC(=O)NCCCCCCN)NC(=O)CCC(CCC(=O)NC(CCC(=O)NCCCCCCN)(CCC(=O)NCCCCCCN)CCC(=O)NCCCCCCN)(CCC(=O)NC(CCC(=O)NCCCCCCN)(CCC(=O)NCCCCCCN)CCC(=O)NCCCCCCN)NC(=O)CCSSc1ccccn1. The normalized spacial score (nSPS) is 11.6. The molecule has 0 aliphatic rings. The summed E-state index contributed by atoms with van der Waals surface area (Å²) < 4.78 is 0. The summed E-state index contributed by atoms with van der Waals surface area (Å²) in [7, 11) is 2.73. The van der Waals surface area contributed by atoms with Gasteiger partial charge in [-0.25, -0.2) is 4.98 Å². The molecule has 0 aromatic carbocycles. The molecule has 0 aliphatic carbocycles. The van der Waals surface area contributed by atoms with Gasteiger partial charge in [0.25, 0.3) is 0 Å². The highest BCUT2D eigenvalue weighted by Crippen LogP contribution is 2.35. The molecule has 0 unspecified atom stereocenters. The van der Waals surface area contributed by atoms with Crippen molar-refractivity contribution >= 4 is 98.4 Å². The van der Waals surface area contributed by atoms with Crippen LogP contribution in [-0.4, -0.2) is 227 Å². The van der Waals surface area contributed by atoms with Gasteiger partial charge in [0.05, 0.1) is 0 Å². The molecule has 1 heterocycles. The van der Waals surface area contributed by atoms with Crippen molar-refractivity contribution < 1.29 is 62.3 Å². The molecular weight excluding hydrogens is 1820 g/mol. The van der Waals surface area contributed by atoms with E-state index < -0.39 is 65.0 Å².